The molecule has 1 heterocycles. The Bertz CT molecular complexity index is 543. The summed E-state index contributed by atoms with van der Waals surface area (Å²) in [7, 11) is 0. The van der Waals surface area contributed by atoms with Crippen molar-refractivity contribution in [1.82, 2.24) is 15.1 Å². The van der Waals surface area contributed by atoms with Crippen molar-refractivity contribution in [3.05, 3.63) is 17.5 Å². The van der Waals surface area contributed by atoms with Crippen LogP contribution in [-0.4, -0.2) is 33.4 Å². The minimum absolute atomic E-state index is 0.0326. The maximum Gasteiger partial charge on any atom is 0.433 e. The summed E-state index contributed by atoms with van der Waals surface area (Å²) in [5.74, 6) is -0.889. The highest BCUT2D eigenvalue weighted by Gasteiger charge is 2.40. The summed E-state index contributed by atoms with van der Waals surface area (Å²) in [6.45, 7) is 1.49. The number of hydrogen-bond donors (Lipinski definition) is 2. The highest BCUT2D eigenvalue weighted by molar-refractivity contribution is 5.95. The number of amides is 1. The SMILES string of the molecule is CCn1ncc(C(=O)NC2CCCCCC2CO)c1C(F)(F)F. The molecule has 0 aromatic carbocycles. The van der Waals surface area contributed by atoms with Gasteiger partial charge in [0, 0.05) is 25.1 Å². The first-order valence-corrected chi connectivity index (χ1v) is 7.93. The summed E-state index contributed by atoms with van der Waals surface area (Å²) in [6.07, 6.45) is 0.610. The molecule has 1 aromatic heterocycles. The lowest BCUT2D eigenvalue weighted by atomic mass is 9.95. The van der Waals surface area contributed by atoms with Gasteiger partial charge in [0.2, 0.25) is 0 Å². The van der Waals surface area contributed by atoms with E-state index in [-0.39, 0.29) is 25.1 Å². The van der Waals surface area contributed by atoms with E-state index >= 15 is 0 Å². The number of carbonyl (C=O) groups excluding carboxylic acids is 1. The number of aliphatic hydroxyl groups excluding tert-OH is 1. The second-order valence-corrected chi connectivity index (χ2v) is 5.88. The van der Waals surface area contributed by atoms with E-state index < -0.39 is 23.3 Å². The molecule has 23 heavy (non-hydrogen) atoms. The van der Waals surface area contributed by atoms with Gasteiger partial charge in [0.05, 0.1) is 11.8 Å². The van der Waals surface area contributed by atoms with Crippen molar-refractivity contribution in [2.75, 3.05) is 6.61 Å². The zero-order valence-electron chi connectivity index (χ0n) is 13.1. The number of rotatable bonds is 4. The minimum Gasteiger partial charge on any atom is -0.396 e. The fraction of sp³-hybridized carbons (Fsp3) is 0.733. The third kappa shape index (κ3) is 4.04. The van der Waals surface area contributed by atoms with Gasteiger partial charge in [0.15, 0.2) is 5.69 Å². The second-order valence-electron chi connectivity index (χ2n) is 5.88. The number of aromatic nitrogens is 2. The molecule has 1 saturated carbocycles. The van der Waals surface area contributed by atoms with Crippen LogP contribution in [0.2, 0.25) is 0 Å². The van der Waals surface area contributed by atoms with Gasteiger partial charge in [-0.15, -0.1) is 0 Å². The van der Waals surface area contributed by atoms with Crippen LogP contribution in [0.5, 0.6) is 0 Å². The summed E-state index contributed by atoms with van der Waals surface area (Å²) < 4.78 is 40.4. The highest BCUT2D eigenvalue weighted by Crippen LogP contribution is 2.32. The monoisotopic (exact) mass is 333 g/mol. The summed E-state index contributed by atoms with van der Waals surface area (Å²) in [5.41, 5.74) is -1.48. The normalized spacial score (nSPS) is 22.7. The van der Waals surface area contributed by atoms with Crippen LogP contribution in [0.25, 0.3) is 0 Å². The number of aliphatic hydroxyl groups is 1. The molecular formula is C15H22F3N3O2. The maximum atomic E-state index is 13.2. The van der Waals surface area contributed by atoms with E-state index in [1.165, 1.54) is 6.92 Å². The molecule has 5 nitrogen and oxygen atoms in total. The number of halogens is 3. The smallest absolute Gasteiger partial charge is 0.396 e. The van der Waals surface area contributed by atoms with Crippen LogP contribution in [-0.2, 0) is 12.7 Å². The number of carbonyl (C=O) groups is 1. The fourth-order valence-electron chi connectivity index (χ4n) is 3.13. The molecule has 2 atom stereocenters. The van der Waals surface area contributed by atoms with Gasteiger partial charge < -0.3 is 10.4 Å². The first kappa shape index (κ1) is 17.8. The van der Waals surface area contributed by atoms with E-state index in [4.69, 9.17) is 0 Å². The van der Waals surface area contributed by atoms with Crippen LogP contribution in [0.4, 0.5) is 13.2 Å². The van der Waals surface area contributed by atoms with Crippen LogP contribution < -0.4 is 5.32 Å². The Morgan fingerprint density at radius 3 is 2.70 bits per heavy atom. The van der Waals surface area contributed by atoms with Crippen molar-refractivity contribution in [3.8, 4) is 0 Å². The van der Waals surface area contributed by atoms with Crippen LogP contribution in [0, 0.1) is 5.92 Å². The third-order valence-corrected chi connectivity index (χ3v) is 4.36. The minimum atomic E-state index is -4.64. The quantitative estimate of drug-likeness (QED) is 0.832. The van der Waals surface area contributed by atoms with Gasteiger partial charge in [0.1, 0.15) is 0 Å². The number of alkyl halides is 3. The second kappa shape index (κ2) is 7.33. The lowest BCUT2D eigenvalue weighted by Gasteiger charge is -2.24. The average molecular weight is 333 g/mol. The predicted molar refractivity (Wildman–Crippen MR) is 77.8 cm³/mol. The van der Waals surface area contributed by atoms with Crippen LogP contribution >= 0.6 is 0 Å². The Morgan fingerprint density at radius 1 is 1.39 bits per heavy atom. The topological polar surface area (TPSA) is 67.2 Å². The Kier molecular flexibility index (Phi) is 5.67. The van der Waals surface area contributed by atoms with Crippen molar-refractivity contribution in [2.24, 2.45) is 5.92 Å². The van der Waals surface area contributed by atoms with E-state index in [1.54, 1.807) is 0 Å². The first-order valence-electron chi connectivity index (χ1n) is 7.93. The molecule has 130 valence electrons. The highest BCUT2D eigenvalue weighted by atomic mass is 19.4. The molecule has 1 aliphatic rings. The molecule has 2 rings (SSSR count). The standard InChI is InChI=1S/C15H22F3N3O2/c1-2-21-13(15(16,17)18)11(8-19-21)14(23)20-12-7-5-3-4-6-10(12)9-22/h8,10,12,22H,2-7,9H2,1H3,(H,20,23). The van der Waals surface area contributed by atoms with Gasteiger partial charge in [-0.25, -0.2) is 0 Å². The molecule has 1 aliphatic carbocycles. The van der Waals surface area contributed by atoms with Crippen LogP contribution in [0.15, 0.2) is 6.20 Å². The van der Waals surface area contributed by atoms with Gasteiger partial charge in [-0.3, -0.25) is 9.48 Å². The molecular weight excluding hydrogens is 311 g/mol. The first-order chi connectivity index (χ1) is 10.9. The van der Waals surface area contributed by atoms with Crippen molar-refractivity contribution < 1.29 is 23.1 Å². The summed E-state index contributed by atoms with van der Waals surface area (Å²) in [5, 5.41) is 15.8. The molecule has 0 spiro atoms. The third-order valence-electron chi connectivity index (χ3n) is 4.36. The molecule has 2 N–H and O–H groups in total. The van der Waals surface area contributed by atoms with Gasteiger partial charge in [0.25, 0.3) is 5.91 Å². The summed E-state index contributed by atoms with van der Waals surface area (Å²) >= 11 is 0. The lowest BCUT2D eigenvalue weighted by molar-refractivity contribution is -0.144. The molecule has 0 saturated heterocycles. The number of nitrogens with one attached hydrogen (secondary N) is 1. The number of aryl methyl sites for hydroxylation is 1. The Balaban J connectivity index is 2.22. The van der Waals surface area contributed by atoms with Crippen molar-refractivity contribution in [3.63, 3.8) is 0 Å². The zero-order chi connectivity index (χ0) is 17.0. The van der Waals surface area contributed by atoms with Crippen LogP contribution in [0.3, 0.4) is 0 Å². The number of nitrogens with zero attached hydrogens (tertiary/aromatic N) is 2. The van der Waals surface area contributed by atoms with Crippen molar-refractivity contribution in [2.45, 2.75) is 57.8 Å². The molecule has 0 radical (unpaired) electrons. The Morgan fingerprint density at radius 2 is 2.09 bits per heavy atom. The van der Waals surface area contributed by atoms with E-state index in [0.29, 0.717) is 6.42 Å². The van der Waals surface area contributed by atoms with Gasteiger partial charge in [-0.1, -0.05) is 19.3 Å². The lowest BCUT2D eigenvalue weighted by Crippen LogP contribution is -2.41. The fourth-order valence-corrected chi connectivity index (χ4v) is 3.13. The molecule has 1 fully saturated rings. The summed E-state index contributed by atoms with van der Waals surface area (Å²) in [4.78, 5) is 12.3. The molecule has 0 bridgehead atoms. The number of hydrogen-bond acceptors (Lipinski definition) is 3. The molecule has 1 amide bonds. The molecule has 0 aliphatic heterocycles. The Hall–Kier alpha value is -1.57. The van der Waals surface area contributed by atoms with Crippen molar-refractivity contribution >= 4 is 5.91 Å². The van der Waals surface area contributed by atoms with Gasteiger partial charge >= 0.3 is 6.18 Å². The molecule has 8 heteroatoms. The predicted octanol–water partition coefficient (Wildman–Crippen LogP) is 2.59. The molecule has 1 aromatic rings. The molecule has 2 unspecified atom stereocenters. The van der Waals surface area contributed by atoms with E-state index in [2.05, 4.69) is 10.4 Å². The van der Waals surface area contributed by atoms with Gasteiger partial charge in [-0.2, -0.15) is 18.3 Å². The average Bonchev–Trinajstić information content (AvgIpc) is 2.82. The van der Waals surface area contributed by atoms with Gasteiger partial charge in [-0.05, 0) is 19.8 Å². The van der Waals surface area contributed by atoms with E-state index in [0.717, 1.165) is 36.6 Å². The van der Waals surface area contributed by atoms with Crippen molar-refractivity contribution in [1.29, 1.82) is 0 Å². The van der Waals surface area contributed by atoms with Crippen LogP contribution in [0.1, 0.15) is 55.1 Å². The zero-order valence-corrected chi connectivity index (χ0v) is 13.1. The summed E-state index contributed by atoms with van der Waals surface area (Å²) in [6, 6.07) is -0.305. The van der Waals surface area contributed by atoms with E-state index in [9.17, 15) is 23.1 Å². The Labute approximate surface area is 132 Å². The van der Waals surface area contributed by atoms with E-state index in [1.807, 2.05) is 0 Å². The maximum absolute atomic E-state index is 13.2. The largest absolute Gasteiger partial charge is 0.433 e.